The van der Waals surface area contributed by atoms with Crippen LogP contribution >= 0.6 is 11.6 Å². The molecule has 1 nitrogen and oxygen atoms in total. The molecule has 0 aliphatic rings. The zero-order valence-corrected chi connectivity index (χ0v) is 7.23. The van der Waals surface area contributed by atoms with Gasteiger partial charge >= 0.3 is 0 Å². The van der Waals surface area contributed by atoms with E-state index in [0.29, 0.717) is 0 Å². The van der Waals surface area contributed by atoms with Gasteiger partial charge in [0.1, 0.15) is 5.82 Å². The molecule has 0 aliphatic carbocycles. The molecule has 0 heterocycles. The van der Waals surface area contributed by atoms with Crippen LogP contribution in [-0.2, 0) is 0 Å². The minimum absolute atomic E-state index is 0.188. The molecule has 5 heteroatoms. The van der Waals surface area contributed by atoms with Crippen LogP contribution in [-0.4, -0.2) is 6.43 Å². The van der Waals surface area contributed by atoms with E-state index in [0.717, 1.165) is 12.1 Å². The van der Waals surface area contributed by atoms with Gasteiger partial charge in [-0.2, -0.15) is 0 Å². The molecule has 0 saturated heterocycles. The molecule has 72 valence electrons. The number of benzene rings is 1. The van der Waals surface area contributed by atoms with Gasteiger partial charge in [-0.25, -0.2) is 13.2 Å². The molecule has 2 N–H and O–H groups in total. The summed E-state index contributed by atoms with van der Waals surface area (Å²) in [7, 11) is 0. The first-order valence-electron chi connectivity index (χ1n) is 3.51. The lowest BCUT2D eigenvalue weighted by molar-refractivity contribution is 0.115. The Bertz CT molecular complexity index is 303. The molecule has 0 aromatic heterocycles. The molecular formula is C8H7ClF3N. The zero-order valence-electron chi connectivity index (χ0n) is 6.48. The van der Waals surface area contributed by atoms with Crippen molar-refractivity contribution in [2.45, 2.75) is 12.5 Å². The van der Waals surface area contributed by atoms with Gasteiger partial charge in [0.15, 0.2) is 0 Å². The maximum absolute atomic E-state index is 12.9. The van der Waals surface area contributed by atoms with Crippen LogP contribution in [0.3, 0.4) is 0 Å². The molecule has 13 heavy (non-hydrogen) atoms. The average molecular weight is 210 g/mol. The highest BCUT2D eigenvalue weighted by atomic mass is 35.5. The van der Waals surface area contributed by atoms with Crippen molar-refractivity contribution in [1.82, 2.24) is 0 Å². The Morgan fingerprint density at radius 1 is 1.31 bits per heavy atom. The Morgan fingerprint density at radius 2 is 1.92 bits per heavy atom. The summed E-state index contributed by atoms with van der Waals surface area (Å²) in [4.78, 5) is 0. The highest BCUT2D eigenvalue weighted by Gasteiger charge is 2.20. The summed E-state index contributed by atoms with van der Waals surface area (Å²) in [5, 5.41) is 0.188. The third-order valence-electron chi connectivity index (χ3n) is 1.59. The first kappa shape index (κ1) is 10.3. The van der Waals surface area contributed by atoms with Gasteiger partial charge in [0.2, 0.25) is 0 Å². The van der Waals surface area contributed by atoms with E-state index in [2.05, 4.69) is 0 Å². The second kappa shape index (κ2) is 3.98. The van der Waals surface area contributed by atoms with Gasteiger partial charge in [0, 0.05) is 10.6 Å². The van der Waals surface area contributed by atoms with Gasteiger partial charge in [-0.3, -0.25) is 0 Å². The Morgan fingerprint density at radius 3 is 2.46 bits per heavy atom. The van der Waals surface area contributed by atoms with Crippen LogP contribution < -0.4 is 5.73 Å². The Hall–Kier alpha value is -0.740. The van der Waals surface area contributed by atoms with Crippen LogP contribution in [0, 0.1) is 5.82 Å². The monoisotopic (exact) mass is 209 g/mol. The summed E-state index contributed by atoms with van der Waals surface area (Å²) in [6.45, 7) is 0. The summed E-state index contributed by atoms with van der Waals surface area (Å²) >= 11 is 5.50. The highest BCUT2D eigenvalue weighted by molar-refractivity contribution is 6.30. The maximum atomic E-state index is 12.9. The van der Waals surface area contributed by atoms with E-state index in [1.165, 1.54) is 6.07 Å². The fourth-order valence-electron chi connectivity index (χ4n) is 0.906. The van der Waals surface area contributed by atoms with Gasteiger partial charge in [-0.15, -0.1) is 0 Å². The molecule has 1 atom stereocenters. The third-order valence-corrected chi connectivity index (χ3v) is 1.82. The molecule has 0 amide bonds. The van der Waals surface area contributed by atoms with Crippen molar-refractivity contribution in [2.75, 3.05) is 0 Å². The second-order valence-electron chi connectivity index (χ2n) is 2.53. The van der Waals surface area contributed by atoms with Gasteiger partial charge in [-0.05, 0) is 18.2 Å². The lowest BCUT2D eigenvalue weighted by Crippen LogP contribution is -2.20. The predicted molar refractivity (Wildman–Crippen MR) is 44.3 cm³/mol. The number of alkyl halides is 2. The van der Waals surface area contributed by atoms with Crippen molar-refractivity contribution < 1.29 is 13.2 Å². The lowest BCUT2D eigenvalue weighted by atomic mass is 10.1. The number of rotatable bonds is 2. The van der Waals surface area contributed by atoms with Crippen LogP contribution in [0.15, 0.2) is 18.2 Å². The molecule has 0 aliphatic heterocycles. The van der Waals surface area contributed by atoms with E-state index >= 15 is 0 Å². The largest absolute Gasteiger partial charge is 0.319 e. The normalized spacial score (nSPS) is 13.4. The minimum atomic E-state index is -2.80. The molecule has 0 bridgehead atoms. The van der Waals surface area contributed by atoms with Crippen molar-refractivity contribution in [3.63, 3.8) is 0 Å². The maximum Gasteiger partial charge on any atom is 0.257 e. The fourth-order valence-corrected chi connectivity index (χ4v) is 1.09. The zero-order chi connectivity index (χ0) is 10.0. The van der Waals surface area contributed by atoms with Crippen molar-refractivity contribution >= 4 is 11.6 Å². The summed E-state index contributed by atoms with van der Waals surface area (Å²) < 4.78 is 37.1. The number of nitrogens with two attached hydrogens (primary N) is 1. The summed E-state index contributed by atoms with van der Waals surface area (Å²) in [6.07, 6.45) is -2.80. The first-order valence-corrected chi connectivity index (χ1v) is 3.89. The van der Waals surface area contributed by atoms with Crippen molar-refractivity contribution in [1.29, 1.82) is 0 Å². The minimum Gasteiger partial charge on any atom is -0.319 e. The molecule has 0 radical (unpaired) electrons. The molecule has 0 saturated carbocycles. The van der Waals surface area contributed by atoms with Crippen molar-refractivity contribution in [2.24, 2.45) is 5.73 Å². The van der Waals surface area contributed by atoms with E-state index in [1.807, 2.05) is 0 Å². The van der Waals surface area contributed by atoms with Crippen LogP contribution in [0.1, 0.15) is 11.6 Å². The molecule has 0 unspecified atom stereocenters. The average Bonchev–Trinajstić information content (AvgIpc) is 2.08. The van der Waals surface area contributed by atoms with Crippen LogP contribution in [0.2, 0.25) is 5.02 Å². The number of hydrogen-bond donors (Lipinski definition) is 1. The number of halogens is 4. The first-order chi connectivity index (χ1) is 6.02. The van der Waals surface area contributed by atoms with Crippen LogP contribution in [0.25, 0.3) is 0 Å². The van der Waals surface area contributed by atoms with Gasteiger partial charge in [-0.1, -0.05) is 11.6 Å². The van der Waals surface area contributed by atoms with E-state index in [-0.39, 0.29) is 10.6 Å². The Kier molecular flexibility index (Phi) is 3.17. The quantitative estimate of drug-likeness (QED) is 0.796. The Balaban J connectivity index is 3.05. The molecule has 0 fully saturated rings. The van der Waals surface area contributed by atoms with Crippen molar-refractivity contribution in [3.8, 4) is 0 Å². The van der Waals surface area contributed by atoms with Crippen LogP contribution in [0.5, 0.6) is 0 Å². The van der Waals surface area contributed by atoms with E-state index < -0.39 is 18.3 Å². The smallest absolute Gasteiger partial charge is 0.257 e. The molecular weight excluding hydrogens is 203 g/mol. The highest BCUT2D eigenvalue weighted by Crippen LogP contribution is 2.23. The predicted octanol–water partition coefficient (Wildman–Crippen LogP) is 2.74. The third kappa shape index (κ3) is 2.35. The molecule has 0 spiro atoms. The van der Waals surface area contributed by atoms with Gasteiger partial charge in [0.25, 0.3) is 6.43 Å². The van der Waals surface area contributed by atoms with Gasteiger partial charge in [0.05, 0.1) is 6.04 Å². The molecule has 1 rings (SSSR count). The summed E-state index contributed by atoms with van der Waals surface area (Å²) in [6, 6.07) is 1.77. The topological polar surface area (TPSA) is 26.0 Å². The standard InChI is InChI=1S/C8H7ClF3N/c9-4-1-2-6(10)5(3-4)7(13)8(11)12/h1-3,7-8H,13H2/t7-/m0/s1. The van der Waals surface area contributed by atoms with E-state index in [9.17, 15) is 13.2 Å². The van der Waals surface area contributed by atoms with E-state index in [4.69, 9.17) is 17.3 Å². The second-order valence-corrected chi connectivity index (χ2v) is 2.96. The van der Waals surface area contributed by atoms with Crippen LogP contribution in [0.4, 0.5) is 13.2 Å². The lowest BCUT2D eigenvalue weighted by Gasteiger charge is -2.11. The fraction of sp³-hybridized carbons (Fsp3) is 0.250. The SMILES string of the molecule is N[C@@H](c1cc(Cl)ccc1F)C(F)F. The van der Waals surface area contributed by atoms with Gasteiger partial charge < -0.3 is 5.73 Å². The van der Waals surface area contributed by atoms with E-state index in [1.54, 1.807) is 0 Å². The summed E-state index contributed by atoms with van der Waals surface area (Å²) in [5.74, 6) is -0.766. The summed E-state index contributed by atoms with van der Waals surface area (Å²) in [5.41, 5.74) is 4.80. The van der Waals surface area contributed by atoms with Crippen molar-refractivity contribution in [3.05, 3.63) is 34.6 Å². The number of hydrogen-bond acceptors (Lipinski definition) is 1. The Labute approximate surface area is 78.3 Å². The molecule has 1 aromatic rings. The molecule has 1 aromatic carbocycles.